The van der Waals surface area contributed by atoms with E-state index in [-0.39, 0.29) is 30.5 Å². The van der Waals surface area contributed by atoms with E-state index in [4.69, 9.17) is 29.8 Å². The van der Waals surface area contributed by atoms with Crippen LogP contribution < -0.4 is 16.6 Å². The van der Waals surface area contributed by atoms with Crippen molar-refractivity contribution in [3.63, 3.8) is 0 Å². The summed E-state index contributed by atoms with van der Waals surface area (Å²) in [6.07, 6.45) is 1.39. The highest BCUT2D eigenvalue weighted by molar-refractivity contribution is 6.04. The van der Waals surface area contributed by atoms with Crippen LogP contribution in [0.2, 0.25) is 0 Å². The summed E-state index contributed by atoms with van der Waals surface area (Å²) in [5.74, 6) is -1.29. The molecule has 1 aliphatic rings. The molecule has 3 aromatic rings. The van der Waals surface area contributed by atoms with Crippen LogP contribution >= 0.6 is 0 Å². The summed E-state index contributed by atoms with van der Waals surface area (Å²) >= 11 is 0. The quantitative estimate of drug-likeness (QED) is 0.195. The molecule has 0 fully saturated rings. The van der Waals surface area contributed by atoms with Crippen LogP contribution in [0.3, 0.4) is 0 Å². The highest BCUT2D eigenvalue weighted by Crippen LogP contribution is 2.39. The van der Waals surface area contributed by atoms with Crippen molar-refractivity contribution in [2.24, 2.45) is 13.0 Å². The van der Waals surface area contributed by atoms with Gasteiger partial charge in [0, 0.05) is 43.4 Å². The van der Waals surface area contributed by atoms with Crippen LogP contribution in [0, 0.1) is 12.8 Å². The predicted molar refractivity (Wildman–Crippen MR) is 159 cm³/mol. The van der Waals surface area contributed by atoms with Gasteiger partial charge >= 0.3 is 0 Å². The van der Waals surface area contributed by atoms with E-state index < -0.39 is 18.1 Å². The van der Waals surface area contributed by atoms with E-state index in [1.54, 1.807) is 35.0 Å². The maximum atomic E-state index is 14.1. The predicted octanol–water partition coefficient (Wildman–Crippen LogP) is 3.10. The summed E-state index contributed by atoms with van der Waals surface area (Å²) in [5, 5.41) is 11.7. The van der Waals surface area contributed by atoms with Crippen LogP contribution in [0.25, 0.3) is 5.69 Å². The molecule has 0 aliphatic carbocycles. The van der Waals surface area contributed by atoms with Crippen LogP contribution in [0.1, 0.15) is 30.5 Å². The van der Waals surface area contributed by atoms with Crippen molar-refractivity contribution in [2.45, 2.75) is 32.5 Å². The number of amides is 1. The third-order valence-corrected chi connectivity index (χ3v) is 7.28. The molecule has 1 aliphatic heterocycles. The minimum absolute atomic E-state index is 0.0465. The number of benzene rings is 2. The summed E-state index contributed by atoms with van der Waals surface area (Å²) in [6.45, 7) is 5.34. The Morgan fingerprint density at radius 1 is 1.05 bits per heavy atom. The van der Waals surface area contributed by atoms with Crippen molar-refractivity contribution in [3.8, 4) is 5.69 Å². The number of carbonyl (C=O) groups excluding carboxylic acids is 1. The molecule has 0 saturated carbocycles. The average molecular weight is 581 g/mol. The number of hydrogen-bond acceptors (Lipinski definition) is 8. The molecule has 0 radical (unpaired) electrons. The number of rotatable bonds is 14. The second-order valence-corrected chi connectivity index (χ2v) is 9.92. The summed E-state index contributed by atoms with van der Waals surface area (Å²) in [4.78, 5) is 27.5. The van der Waals surface area contributed by atoms with Crippen molar-refractivity contribution in [1.82, 2.24) is 9.36 Å². The third-order valence-electron chi connectivity index (χ3n) is 7.28. The highest BCUT2D eigenvalue weighted by atomic mass is 16.7. The van der Waals surface area contributed by atoms with Gasteiger partial charge in [-0.05, 0) is 50.6 Å². The lowest BCUT2D eigenvalue weighted by Gasteiger charge is -2.36. The molecule has 11 nitrogen and oxygen atoms in total. The molecule has 3 unspecified atom stereocenters. The van der Waals surface area contributed by atoms with Crippen molar-refractivity contribution < 1.29 is 28.8 Å². The molecular formula is C31H40N4O7. The van der Waals surface area contributed by atoms with Gasteiger partial charge in [0.1, 0.15) is 0 Å². The highest BCUT2D eigenvalue weighted by Gasteiger charge is 2.41. The zero-order chi connectivity index (χ0) is 30.1. The number of aliphatic hydroxyl groups excluding tert-OH is 1. The van der Waals surface area contributed by atoms with E-state index in [0.29, 0.717) is 49.8 Å². The number of allylic oxidation sites excluding steroid dienone is 1. The van der Waals surface area contributed by atoms with Gasteiger partial charge in [-0.3, -0.25) is 14.3 Å². The molecule has 3 atom stereocenters. The Morgan fingerprint density at radius 3 is 2.43 bits per heavy atom. The first-order valence-corrected chi connectivity index (χ1v) is 14.1. The van der Waals surface area contributed by atoms with Crippen molar-refractivity contribution in [2.75, 3.05) is 50.7 Å². The standard InChI is InChI=1S/C31H40N4O7/c1-4-41-31-23(14-16-39-18-19-40-17-15-36)24(20-27(42-31)29(37)33-26-13-9-8-12-25(26)32)28-21(2)34(3)35(30(28)38)22-10-6-5-7-11-22/h5-13,20,23-24,31,36H,4,14-19,32H2,1-3H3,(H,33,37). The molecule has 1 aromatic heterocycles. The number of para-hydroxylation sites is 3. The molecule has 4 rings (SSSR count). The number of nitrogens with one attached hydrogen (secondary N) is 1. The van der Waals surface area contributed by atoms with Crippen LogP contribution in [0.4, 0.5) is 11.4 Å². The Morgan fingerprint density at radius 2 is 1.74 bits per heavy atom. The van der Waals surface area contributed by atoms with Gasteiger partial charge in [-0.25, -0.2) is 4.68 Å². The lowest BCUT2D eigenvalue weighted by molar-refractivity contribution is -0.166. The molecule has 42 heavy (non-hydrogen) atoms. The third kappa shape index (κ3) is 7.11. The number of nitrogens with zero attached hydrogens (tertiary/aromatic N) is 2. The summed E-state index contributed by atoms with van der Waals surface area (Å²) < 4.78 is 26.7. The van der Waals surface area contributed by atoms with Crippen LogP contribution in [0.5, 0.6) is 0 Å². The normalized spacial score (nSPS) is 18.4. The summed E-state index contributed by atoms with van der Waals surface area (Å²) in [7, 11) is 1.84. The molecule has 4 N–H and O–H groups in total. The van der Waals surface area contributed by atoms with Crippen molar-refractivity contribution in [3.05, 3.63) is 88.0 Å². The number of aromatic nitrogens is 2. The van der Waals surface area contributed by atoms with Gasteiger partial charge in [0.05, 0.1) is 43.5 Å². The lowest BCUT2D eigenvalue weighted by Crippen LogP contribution is -2.39. The van der Waals surface area contributed by atoms with Gasteiger partial charge in [0.2, 0.25) is 6.29 Å². The fraction of sp³-hybridized carbons (Fsp3) is 0.419. The number of nitrogens with two attached hydrogens (primary N) is 1. The number of anilines is 2. The lowest BCUT2D eigenvalue weighted by atomic mass is 9.81. The summed E-state index contributed by atoms with van der Waals surface area (Å²) in [5.41, 5.74) is 8.79. The number of carbonyl (C=O) groups is 1. The maximum absolute atomic E-state index is 14.1. The molecule has 0 spiro atoms. The second kappa shape index (κ2) is 14.8. The maximum Gasteiger partial charge on any atom is 0.290 e. The van der Waals surface area contributed by atoms with Gasteiger partial charge in [-0.15, -0.1) is 0 Å². The SMILES string of the molecule is CCOC1OC(C(=O)Nc2ccccc2N)=CC(c2c(C)n(C)n(-c3ccccc3)c2=O)C1CCOCCOCCO. The monoisotopic (exact) mass is 580 g/mol. The van der Waals surface area contributed by atoms with Crippen LogP contribution in [-0.4, -0.2) is 66.3 Å². The van der Waals surface area contributed by atoms with E-state index in [2.05, 4.69) is 5.32 Å². The number of nitrogen functional groups attached to an aromatic ring is 1. The topological polar surface area (TPSA) is 139 Å². The smallest absolute Gasteiger partial charge is 0.290 e. The Bertz CT molecular complexity index is 1420. The minimum atomic E-state index is -0.808. The van der Waals surface area contributed by atoms with Gasteiger partial charge in [-0.1, -0.05) is 30.3 Å². The summed E-state index contributed by atoms with van der Waals surface area (Å²) in [6, 6.07) is 16.4. The van der Waals surface area contributed by atoms with Gasteiger partial charge in [0.15, 0.2) is 5.76 Å². The van der Waals surface area contributed by atoms with E-state index in [1.165, 1.54) is 0 Å². The molecule has 2 heterocycles. The number of hydrogen-bond donors (Lipinski definition) is 3. The Kier molecular flexibility index (Phi) is 11.0. The molecule has 11 heteroatoms. The largest absolute Gasteiger partial charge is 0.459 e. The van der Waals surface area contributed by atoms with Gasteiger partial charge < -0.3 is 35.1 Å². The molecule has 2 aromatic carbocycles. The van der Waals surface area contributed by atoms with E-state index in [9.17, 15) is 9.59 Å². The second-order valence-electron chi connectivity index (χ2n) is 9.92. The Hall–Kier alpha value is -3.90. The van der Waals surface area contributed by atoms with E-state index >= 15 is 0 Å². The van der Waals surface area contributed by atoms with Crippen molar-refractivity contribution in [1.29, 1.82) is 0 Å². The van der Waals surface area contributed by atoms with E-state index in [1.807, 2.05) is 55.9 Å². The first kappa shape index (κ1) is 31.0. The molecule has 1 amide bonds. The fourth-order valence-electron chi connectivity index (χ4n) is 5.15. The zero-order valence-electron chi connectivity index (χ0n) is 24.3. The zero-order valence-corrected chi connectivity index (χ0v) is 24.3. The molecule has 0 saturated heterocycles. The first-order chi connectivity index (χ1) is 20.4. The van der Waals surface area contributed by atoms with Gasteiger partial charge in [0.25, 0.3) is 11.5 Å². The fourth-order valence-corrected chi connectivity index (χ4v) is 5.15. The number of ether oxygens (including phenoxy) is 4. The van der Waals surface area contributed by atoms with Crippen LogP contribution in [-0.2, 0) is 30.8 Å². The Balaban J connectivity index is 1.71. The molecule has 226 valence electrons. The molecular weight excluding hydrogens is 540 g/mol. The van der Waals surface area contributed by atoms with E-state index in [0.717, 1.165) is 11.4 Å². The van der Waals surface area contributed by atoms with Crippen molar-refractivity contribution >= 4 is 17.3 Å². The van der Waals surface area contributed by atoms with Crippen LogP contribution in [0.15, 0.2) is 71.2 Å². The minimum Gasteiger partial charge on any atom is -0.459 e. The number of aliphatic hydroxyl groups is 1. The Labute approximate surface area is 245 Å². The average Bonchev–Trinajstić information content (AvgIpc) is 3.21. The van der Waals surface area contributed by atoms with Gasteiger partial charge in [-0.2, -0.15) is 0 Å². The first-order valence-electron chi connectivity index (χ1n) is 14.1. The molecule has 0 bridgehead atoms.